The summed E-state index contributed by atoms with van der Waals surface area (Å²) in [5, 5.41) is 30.1. The van der Waals surface area contributed by atoms with Gasteiger partial charge < -0.3 is 14.8 Å². The number of nitriles is 1. The summed E-state index contributed by atoms with van der Waals surface area (Å²) in [7, 11) is 0. The first kappa shape index (κ1) is 19.2. The molecule has 0 saturated heterocycles. The lowest BCUT2D eigenvalue weighted by Crippen LogP contribution is -2.25. The molecule has 0 aliphatic rings. The fourth-order valence-corrected chi connectivity index (χ4v) is 2.92. The number of aromatic nitrogens is 2. The van der Waals surface area contributed by atoms with Crippen molar-refractivity contribution in [1.82, 2.24) is 15.5 Å². The van der Waals surface area contributed by atoms with E-state index in [4.69, 9.17) is 4.42 Å². The number of carbonyl (C=O) groups excluding carboxylic acids is 1. The summed E-state index contributed by atoms with van der Waals surface area (Å²) in [5.41, 5.74) is 1.33. The molecule has 2 aromatic carbocycles. The number of benzene rings is 2. The summed E-state index contributed by atoms with van der Waals surface area (Å²) < 4.78 is 5.52. The van der Waals surface area contributed by atoms with Crippen LogP contribution in [0.15, 0.2) is 81.6 Å². The van der Waals surface area contributed by atoms with E-state index < -0.39 is 5.91 Å². The Bertz CT molecular complexity index is 1010. The fourth-order valence-electron chi connectivity index (χ4n) is 2.28. The smallest absolute Gasteiger partial charge is 0.277 e. The summed E-state index contributed by atoms with van der Waals surface area (Å²) in [4.78, 5) is 12.2. The second kappa shape index (κ2) is 9.39. The maximum Gasteiger partial charge on any atom is 0.277 e. The van der Waals surface area contributed by atoms with Crippen molar-refractivity contribution >= 4 is 17.7 Å². The lowest BCUT2D eigenvalue weighted by molar-refractivity contribution is -0.117. The average molecular weight is 392 g/mol. The van der Waals surface area contributed by atoms with Crippen molar-refractivity contribution in [3.05, 3.63) is 77.6 Å². The van der Waals surface area contributed by atoms with Gasteiger partial charge in [-0.25, -0.2) is 0 Å². The van der Waals surface area contributed by atoms with Crippen molar-refractivity contribution < 1.29 is 14.3 Å². The Morgan fingerprint density at radius 3 is 2.46 bits per heavy atom. The molecule has 0 fully saturated rings. The lowest BCUT2D eigenvalue weighted by atomic mass is 10.2. The molecule has 0 unspecified atom stereocenters. The van der Waals surface area contributed by atoms with Gasteiger partial charge in [-0.15, -0.1) is 10.2 Å². The van der Waals surface area contributed by atoms with E-state index >= 15 is 0 Å². The van der Waals surface area contributed by atoms with E-state index in [2.05, 4.69) is 15.5 Å². The van der Waals surface area contributed by atoms with E-state index in [9.17, 15) is 15.2 Å². The van der Waals surface area contributed by atoms with Crippen molar-refractivity contribution in [1.29, 1.82) is 5.26 Å². The van der Waals surface area contributed by atoms with Gasteiger partial charge in [-0.05, 0) is 17.7 Å². The molecule has 0 aliphatic carbocycles. The van der Waals surface area contributed by atoms with Gasteiger partial charge in [-0.3, -0.25) is 4.79 Å². The van der Waals surface area contributed by atoms with Crippen molar-refractivity contribution in [2.24, 2.45) is 0 Å². The number of aliphatic hydroxyl groups excluding tert-OH is 1. The van der Waals surface area contributed by atoms with Gasteiger partial charge in [0.1, 0.15) is 11.8 Å². The van der Waals surface area contributed by atoms with Crippen molar-refractivity contribution in [2.75, 3.05) is 5.75 Å². The van der Waals surface area contributed by atoms with Crippen molar-refractivity contribution in [2.45, 2.75) is 11.8 Å². The second-order valence-corrected chi connectivity index (χ2v) is 6.56. The van der Waals surface area contributed by atoms with Gasteiger partial charge in [0.2, 0.25) is 5.89 Å². The molecular formula is C20H16N4O3S. The number of hydrogen-bond acceptors (Lipinski definition) is 7. The lowest BCUT2D eigenvalue weighted by Gasteiger charge is -2.06. The highest BCUT2D eigenvalue weighted by atomic mass is 32.2. The van der Waals surface area contributed by atoms with Crippen LogP contribution in [0.25, 0.3) is 11.5 Å². The third-order valence-corrected chi connectivity index (χ3v) is 4.51. The average Bonchev–Trinajstić information content (AvgIpc) is 3.22. The van der Waals surface area contributed by atoms with Crippen LogP contribution in [0.3, 0.4) is 0 Å². The molecule has 7 nitrogen and oxygen atoms in total. The number of hydrogen-bond donors (Lipinski definition) is 2. The number of nitrogens with zero attached hydrogens (tertiary/aromatic N) is 3. The van der Waals surface area contributed by atoms with Crippen LogP contribution >= 0.6 is 11.8 Å². The maximum absolute atomic E-state index is 12.2. The molecular weight excluding hydrogens is 376 g/mol. The number of carbonyl (C=O) groups is 1. The highest BCUT2D eigenvalue weighted by molar-refractivity contribution is 7.99. The van der Waals surface area contributed by atoms with Crippen LogP contribution in [0.2, 0.25) is 0 Å². The molecule has 0 aliphatic heterocycles. The van der Waals surface area contributed by atoms with Crippen molar-refractivity contribution in [3.8, 4) is 17.5 Å². The molecule has 1 amide bonds. The zero-order chi connectivity index (χ0) is 19.8. The van der Waals surface area contributed by atoms with Gasteiger partial charge in [0.25, 0.3) is 11.1 Å². The van der Waals surface area contributed by atoms with E-state index in [1.807, 2.05) is 60.7 Å². The minimum Gasteiger partial charge on any atom is -0.510 e. The highest BCUT2D eigenvalue weighted by Crippen LogP contribution is 2.24. The molecule has 1 heterocycles. The molecule has 1 aromatic heterocycles. The summed E-state index contributed by atoms with van der Waals surface area (Å²) in [6.45, 7) is 0.259. The molecule has 28 heavy (non-hydrogen) atoms. The Morgan fingerprint density at radius 1 is 1.11 bits per heavy atom. The van der Waals surface area contributed by atoms with Crippen LogP contribution in [0.1, 0.15) is 5.56 Å². The predicted molar refractivity (Wildman–Crippen MR) is 104 cm³/mol. The third-order valence-electron chi connectivity index (χ3n) is 3.68. The van der Waals surface area contributed by atoms with Crippen LogP contribution in [-0.4, -0.2) is 27.0 Å². The first-order valence-electron chi connectivity index (χ1n) is 8.33. The van der Waals surface area contributed by atoms with Gasteiger partial charge in [-0.1, -0.05) is 60.3 Å². The minimum atomic E-state index is -0.639. The maximum atomic E-state index is 12.2. The second-order valence-electron chi connectivity index (χ2n) is 5.63. The number of thioether (sulfide) groups is 1. The van der Waals surface area contributed by atoms with E-state index in [0.717, 1.165) is 22.9 Å². The molecule has 3 rings (SSSR count). The third kappa shape index (κ3) is 4.99. The Morgan fingerprint density at radius 2 is 1.79 bits per heavy atom. The normalized spacial score (nSPS) is 11.4. The molecule has 140 valence electrons. The van der Waals surface area contributed by atoms with E-state index in [-0.39, 0.29) is 28.9 Å². The molecule has 0 saturated carbocycles. The molecule has 0 atom stereocenters. The van der Waals surface area contributed by atoms with Crippen LogP contribution in [0.5, 0.6) is 0 Å². The molecule has 0 radical (unpaired) electrons. The Hall–Kier alpha value is -3.57. The van der Waals surface area contributed by atoms with Crippen LogP contribution in [0.4, 0.5) is 0 Å². The topological polar surface area (TPSA) is 112 Å². The largest absolute Gasteiger partial charge is 0.510 e. The van der Waals surface area contributed by atoms with Crippen molar-refractivity contribution in [3.63, 3.8) is 0 Å². The zero-order valence-corrected chi connectivity index (χ0v) is 15.5. The zero-order valence-electron chi connectivity index (χ0n) is 14.7. The highest BCUT2D eigenvalue weighted by Gasteiger charge is 2.17. The monoisotopic (exact) mass is 392 g/mol. The number of nitrogens with one attached hydrogen (secondary N) is 1. The van der Waals surface area contributed by atoms with E-state index in [0.29, 0.717) is 5.89 Å². The van der Waals surface area contributed by atoms with Gasteiger partial charge >= 0.3 is 0 Å². The summed E-state index contributed by atoms with van der Waals surface area (Å²) >= 11 is 1.04. The van der Waals surface area contributed by atoms with Crippen LogP contribution < -0.4 is 5.32 Å². The molecule has 0 bridgehead atoms. The Balaban J connectivity index is 1.60. The molecule has 8 heteroatoms. The van der Waals surface area contributed by atoms with Crippen LogP contribution in [0, 0.1) is 11.3 Å². The molecule has 2 N–H and O–H groups in total. The SMILES string of the molecule is N#C/C(C(=O)NCc1ccccc1)=C(/O)CSc1nnc(-c2ccccc2)o1. The van der Waals surface area contributed by atoms with Gasteiger partial charge in [0.05, 0.1) is 5.75 Å². The van der Waals surface area contributed by atoms with E-state index in [1.165, 1.54) is 0 Å². The predicted octanol–water partition coefficient (Wildman–Crippen LogP) is 3.48. The summed E-state index contributed by atoms with van der Waals surface area (Å²) in [5.74, 6) is -0.678. The molecule has 0 spiro atoms. The first-order valence-corrected chi connectivity index (χ1v) is 9.32. The van der Waals surface area contributed by atoms with E-state index in [1.54, 1.807) is 6.07 Å². The number of amides is 1. The Kier molecular flexibility index (Phi) is 6.44. The first-order chi connectivity index (χ1) is 13.7. The van der Waals surface area contributed by atoms with Gasteiger partial charge in [0, 0.05) is 12.1 Å². The summed E-state index contributed by atoms with van der Waals surface area (Å²) in [6.07, 6.45) is 0. The summed E-state index contributed by atoms with van der Waals surface area (Å²) in [6, 6.07) is 20.3. The minimum absolute atomic E-state index is 0.0436. The quantitative estimate of drug-likeness (QED) is 0.274. The molecule has 3 aromatic rings. The van der Waals surface area contributed by atoms with Crippen LogP contribution in [-0.2, 0) is 11.3 Å². The van der Waals surface area contributed by atoms with Gasteiger partial charge in [0.15, 0.2) is 5.57 Å². The standard InChI is InChI=1S/C20H16N4O3S/c21-11-16(18(26)22-12-14-7-3-1-4-8-14)17(25)13-28-20-24-23-19(27-20)15-9-5-2-6-10-15/h1-10,25H,12-13H2,(H,22,26)/b17-16-. The fraction of sp³-hybridized carbons (Fsp3) is 0.100. The number of aliphatic hydroxyl groups is 1. The Labute approximate surface area is 165 Å². The number of rotatable bonds is 7. The van der Waals surface area contributed by atoms with Gasteiger partial charge in [-0.2, -0.15) is 5.26 Å².